The number of hydrogen-bond donors (Lipinski definition) is 1. The highest BCUT2D eigenvalue weighted by Crippen LogP contribution is 2.31. The van der Waals surface area contributed by atoms with E-state index in [1.54, 1.807) is 10.9 Å². The number of carbonyl (C=O) groups excluding carboxylic acids is 1. The van der Waals surface area contributed by atoms with Crippen LogP contribution < -0.4 is 5.32 Å². The van der Waals surface area contributed by atoms with Crippen LogP contribution in [-0.2, 0) is 24.1 Å². The number of anilines is 1. The van der Waals surface area contributed by atoms with Gasteiger partial charge in [0.1, 0.15) is 0 Å². The van der Waals surface area contributed by atoms with E-state index in [-0.39, 0.29) is 11.4 Å². The monoisotopic (exact) mass is 424 g/mol. The number of nitrogens with one attached hydrogen (secondary N) is 1. The summed E-state index contributed by atoms with van der Waals surface area (Å²) in [7, 11) is 0. The van der Waals surface area contributed by atoms with Gasteiger partial charge in [-0.25, -0.2) is 0 Å². The summed E-state index contributed by atoms with van der Waals surface area (Å²) in [4.78, 5) is 12.2. The predicted octanol–water partition coefficient (Wildman–Crippen LogP) is 3.93. The molecule has 0 spiro atoms. The summed E-state index contributed by atoms with van der Waals surface area (Å²) < 4.78 is 42.0. The third kappa shape index (κ3) is 4.97. The second-order valence-corrected chi connectivity index (χ2v) is 6.99. The molecule has 0 aliphatic carbocycles. The van der Waals surface area contributed by atoms with Crippen molar-refractivity contribution in [3.63, 3.8) is 0 Å². The number of aryl methyl sites for hydroxylation is 1. The van der Waals surface area contributed by atoms with Gasteiger partial charge in [-0.3, -0.25) is 9.48 Å². The van der Waals surface area contributed by atoms with E-state index < -0.39 is 17.6 Å². The molecule has 0 radical (unpaired) electrons. The summed E-state index contributed by atoms with van der Waals surface area (Å²) >= 11 is 1.16. The van der Waals surface area contributed by atoms with Gasteiger partial charge in [0, 0.05) is 25.0 Å². The molecule has 0 atom stereocenters. The van der Waals surface area contributed by atoms with Crippen molar-refractivity contribution >= 4 is 23.4 Å². The highest BCUT2D eigenvalue weighted by Gasteiger charge is 2.30. The summed E-state index contributed by atoms with van der Waals surface area (Å²) in [5, 5.41) is 15.6. The quantitative estimate of drug-likeness (QED) is 0.582. The van der Waals surface area contributed by atoms with Crippen LogP contribution in [0, 0.1) is 0 Å². The summed E-state index contributed by atoms with van der Waals surface area (Å²) in [6.45, 7) is 5.24. The van der Waals surface area contributed by atoms with Gasteiger partial charge in [-0.05, 0) is 32.0 Å². The number of aromatic nitrogens is 5. The molecule has 0 fully saturated rings. The average molecular weight is 424 g/mol. The number of halogens is 3. The molecule has 3 aromatic rings. The predicted molar refractivity (Wildman–Crippen MR) is 103 cm³/mol. The van der Waals surface area contributed by atoms with E-state index in [2.05, 4.69) is 20.6 Å². The Balaban J connectivity index is 1.66. The summed E-state index contributed by atoms with van der Waals surface area (Å²) in [6, 6.07) is 4.52. The minimum atomic E-state index is -4.46. The molecule has 3 rings (SSSR count). The van der Waals surface area contributed by atoms with Crippen molar-refractivity contribution in [2.75, 3.05) is 11.1 Å². The van der Waals surface area contributed by atoms with Crippen LogP contribution in [0.25, 0.3) is 11.4 Å². The molecule has 1 aromatic carbocycles. The first-order valence-corrected chi connectivity index (χ1v) is 9.86. The molecule has 11 heteroatoms. The maximum absolute atomic E-state index is 12.8. The van der Waals surface area contributed by atoms with Crippen molar-refractivity contribution in [2.24, 2.45) is 0 Å². The van der Waals surface area contributed by atoms with Crippen LogP contribution in [0.4, 0.5) is 18.9 Å². The maximum Gasteiger partial charge on any atom is 0.416 e. The number of alkyl halides is 3. The molecule has 154 valence electrons. The molecule has 0 aliphatic heterocycles. The lowest BCUT2D eigenvalue weighted by atomic mass is 10.2. The number of amides is 1. The van der Waals surface area contributed by atoms with E-state index >= 15 is 0 Å². The Hall–Kier alpha value is -2.82. The van der Waals surface area contributed by atoms with Crippen molar-refractivity contribution in [3.8, 4) is 11.4 Å². The third-order valence-corrected chi connectivity index (χ3v) is 5.02. The van der Waals surface area contributed by atoms with Crippen LogP contribution in [0.2, 0.25) is 0 Å². The maximum atomic E-state index is 12.8. The SMILES string of the molecule is CCn1cc(-c2nnc(SCC(=O)Nc3cccc(C(F)(F)F)c3)n2CC)cn1. The Morgan fingerprint density at radius 3 is 2.66 bits per heavy atom. The fourth-order valence-electron chi connectivity index (χ4n) is 2.65. The molecule has 0 bridgehead atoms. The number of thioether (sulfide) groups is 1. The van der Waals surface area contributed by atoms with Crippen molar-refractivity contribution in [3.05, 3.63) is 42.2 Å². The molecule has 7 nitrogen and oxygen atoms in total. The smallest absolute Gasteiger partial charge is 0.325 e. The van der Waals surface area contributed by atoms with Gasteiger partial charge in [-0.1, -0.05) is 17.8 Å². The Morgan fingerprint density at radius 2 is 2.00 bits per heavy atom. The number of carbonyl (C=O) groups is 1. The lowest BCUT2D eigenvalue weighted by Crippen LogP contribution is -2.15. The van der Waals surface area contributed by atoms with Gasteiger partial charge in [0.15, 0.2) is 11.0 Å². The fraction of sp³-hybridized carbons (Fsp3) is 0.333. The number of rotatable bonds is 7. The minimum Gasteiger partial charge on any atom is -0.325 e. The Morgan fingerprint density at radius 1 is 1.21 bits per heavy atom. The molecule has 2 heterocycles. The molecule has 0 unspecified atom stereocenters. The van der Waals surface area contributed by atoms with Crippen LogP contribution in [0.1, 0.15) is 19.4 Å². The van der Waals surface area contributed by atoms with Gasteiger partial charge in [0.05, 0.1) is 23.1 Å². The van der Waals surface area contributed by atoms with Crippen molar-refractivity contribution in [2.45, 2.75) is 38.3 Å². The summed E-state index contributed by atoms with van der Waals surface area (Å²) in [5.41, 5.74) is 0.0995. The van der Waals surface area contributed by atoms with Crippen LogP contribution in [0.15, 0.2) is 41.8 Å². The van der Waals surface area contributed by atoms with Crippen molar-refractivity contribution in [1.82, 2.24) is 24.5 Å². The first-order chi connectivity index (χ1) is 13.8. The first-order valence-electron chi connectivity index (χ1n) is 8.87. The number of nitrogens with zero attached hydrogens (tertiary/aromatic N) is 5. The highest BCUT2D eigenvalue weighted by atomic mass is 32.2. The van der Waals surface area contributed by atoms with Gasteiger partial charge in [-0.2, -0.15) is 18.3 Å². The molecule has 0 saturated carbocycles. The second-order valence-electron chi connectivity index (χ2n) is 6.05. The topological polar surface area (TPSA) is 77.6 Å². The van der Waals surface area contributed by atoms with Gasteiger partial charge >= 0.3 is 6.18 Å². The van der Waals surface area contributed by atoms with E-state index in [1.807, 2.05) is 24.6 Å². The number of hydrogen-bond acceptors (Lipinski definition) is 5. The van der Waals surface area contributed by atoms with Crippen LogP contribution in [-0.4, -0.2) is 36.2 Å². The normalized spacial score (nSPS) is 11.6. The van der Waals surface area contributed by atoms with Crippen LogP contribution in [0.5, 0.6) is 0 Å². The lowest BCUT2D eigenvalue weighted by molar-refractivity contribution is -0.137. The Labute approximate surface area is 169 Å². The molecule has 2 aromatic heterocycles. The second kappa shape index (κ2) is 8.68. The Kier molecular flexibility index (Phi) is 6.26. The first kappa shape index (κ1) is 20.9. The van der Waals surface area contributed by atoms with Crippen LogP contribution in [0.3, 0.4) is 0 Å². The average Bonchev–Trinajstić information content (AvgIpc) is 3.32. The largest absolute Gasteiger partial charge is 0.416 e. The zero-order valence-corrected chi connectivity index (χ0v) is 16.6. The highest BCUT2D eigenvalue weighted by molar-refractivity contribution is 7.99. The molecular formula is C18H19F3N6OS. The van der Waals surface area contributed by atoms with E-state index in [9.17, 15) is 18.0 Å². The lowest BCUT2D eigenvalue weighted by Gasteiger charge is -2.10. The van der Waals surface area contributed by atoms with Crippen molar-refractivity contribution in [1.29, 1.82) is 0 Å². The molecular weight excluding hydrogens is 405 g/mol. The molecule has 0 aliphatic rings. The van der Waals surface area contributed by atoms with E-state index in [0.29, 0.717) is 17.5 Å². The third-order valence-electron chi connectivity index (χ3n) is 4.05. The van der Waals surface area contributed by atoms with Gasteiger partial charge in [0.2, 0.25) is 5.91 Å². The van der Waals surface area contributed by atoms with Crippen molar-refractivity contribution < 1.29 is 18.0 Å². The van der Waals surface area contributed by atoms with Gasteiger partial charge in [-0.15, -0.1) is 10.2 Å². The summed E-state index contributed by atoms with van der Waals surface area (Å²) in [6.07, 6.45) is -0.894. The molecule has 0 saturated heterocycles. The number of benzene rings is 1. The molecule has 29 heavy (non-hydrogen) atoms. The minimum absolute atomic E-state index is 0.0113. The zero-order valence-electron chi connectivity index (χ0n) is 15.8. The van der Waals surface area contributed by atoms with Gasteiger partial charge in [0.25, 0.3) is 0 Å². The van der Waals surface area contributed by atoms with E-state index in [1.165, 1.54) is 12.1 Å². The molecule has 1 amide bonds. The standard InChI is InChI=1S/C18H19F3N6OS/c1-3-26-10-12(9-22-26)16-24-25-17(27(16)4-2)29-11-15(28)23-14-7-5-6-13(8-14)18(19,20)21/h5-10H,3-4,11H2,1-2H3,(H,23,28). The van der Waals surface area contributed by atoms with Crippen LogP contribution >= 0.6 is 11.8 Å². The fourth-order valence-corrected chi connectivity index (χ4v) is 3.45. The van der Waals surface area contributed by atoms with Gasteiger partial charge < -0.3 is 9.88 Å². The van der Waals surface area contributed by atoms with E-state index in [0.717, 1.165) is 36.0 Å². The Bertz CT molecular complexity index is 998. The van der Waals surface area contributed by atoms with E-state index in [4.69, 9.17) is 0 Å². The summed E-state index contributed by atoms with van der Waals surface area (Å²) in [5.74, 6) is 0.205. The molecule has 1 N–H and O–H groups in total. The zero-order chi connectivity index (χ0) is 21.0.